The third kappa shape index (κ3) is 3.48. The van der Waals surface area contributed by atoms with Gasteiger partial charge in [-0.1, -0.05) is 18.2 Å². The number of nitrogen functional groups attached to an aromatic ring is 1. The zero-order chi connectivity index (χ0) is 12.1. The molecule has 88 valence electrons. The van der Waals surface area contributed by atoms with Gasteiger partial charge in [0.1, 0.15) is 5.82 Å². The predicted molar refractivity (Wildman–Crippen MR) is 69.4 cm³/mol. The van der Waals surface area contributed by atoms with Crippen molar-refractivity contribution in [2.24, 2.45) is 0 Å². The summed E-state index contributed by atoms with van der Waals surface area (Å²) in [4.78, 5) is 0. The van der Waals surface area contributed by atoms with Crippen molar-refractivity contribution in [3.8, 4) is 0 Å². The van der Waals surface area contributed by atoms with Gasteiger partial charge in [0, 0.05) is 17.9 Å². The van der Waals surface area contributed by atoms with Gasteiger partial charge < -0.3 is 11.1 Å². The first-order valence-corrected chi connectivity index (χ1v) is 5.58. The minimum atomic E-state index is -0.220. The van der Waals surface area contributed by atoms with Crippen LogP contribution in [0.2, 0.25) is 0 Å². The Bertz CT molecular complexity index is 480. The maximum atomic E-state index is 12.9. The number of nitrogens with one attached hydrogen (secondary N) is 1. The van der Waals surface area contributed by atoms with E-state index in [1.165, 1.54) is 17.7 Å². The van der Waals surface area contributed by atoms with E-state index in [1.807, 2.05) is 30.3 Å². The van der Waals surface area contributed by atoms with E-state index in [4.69, 9.17) is 5.73 Å². The summed E-state index contributed by atoms with van der Waals surface area (Å²) in [6.07, 6.45) is 0.886. The van der Waals surface area contributed by atoms with E-state index in [0.717, 1.165) is 24.3 Å². The molecule has 0 heterocycles. The largest absolute Gasteiger partial charge is 0.399 e. The van der Waals surface area contributed by atoms with E-state index in [0.29, 0.717) is 0 Å². The minimum Gasteiger partial charge on any atom is -0.399 e. The number of benzene rings is 2. The van der Waals surface area contributed by atoms with Gasteiger partial charge in [0.2, 0.25) is 0 Å². The molecule has 0 amide bonds. The standard InChI is InChI=1S/C14H15FN2/c15-12-2-1-3-14(10-12)17-9-8-11-4-6-13(16)7-5-11/h1-7,10,17H,8-9,16H2. The van der Waals surface area contributed by atoms with Gasteiger partial charge in [-0.05, 0) is 42.3 Å². The van der Waals surface area contributed by atoms with Crippen molar-refractivity contribution >= 4 is 11.4 Å². The minimum absolute atomic E-state index is 0.220. The summed E-state index contributed by atoms with van der Waals surface area (Å²) in [5.41, 5.74) is 8.39. The smallest absolute Gasteiger partial charge is 0.125 e. The van der Waals surface area contributed by atoms with E-state index in [2.05, 4.69) is 5.32 Å². The van der Waals surface area contributed by atoms with Crippen molar-refractivity contribution in [2.75, 3.05) is 17.6 Å². The topological polar surface area (TPSA) is 38.0 Å². The number of hydrogen-bond donors (Lipinski definition) is 2. The third-order valence-corrected chi connectivity index (χ3v) is 2.55. The summed E-state index contributed by atoms with van der Waals surface area (Å²) in [5.74, 6) is -0.220. The molecule has 3 heteroatoms. The van der Waals surface area contributed by atoms with Gasteiger partial charge in [0.15, 0.2) is 0 Å². The molecule has 0 fully saturated rings. The highest BCUT2D eigenvalue weighted by Crippen LogP contribution is 2.10. The fourth-order valence-electron chi connectivity index (χ4n) is 1.63. The van der Waals surface area contributed by atoms with Gasteiger partial charge in [-0.15, -0.1) is 0 Å². The van der Waals surface area contributed by atoms with Crippen LogP contribution in [0.5, 0.6) is 0 Å². The predicted octanol–water partition coefficient (Wildman–Crippen LogP) is 3.06. The second-order valence-electron chi connectivity index (χ2n) is 3.93. The Morgan fingerprint density at radius 2 is 1.82 bits per heavy atom. The fraction of sp³-hybridized carbons (Fsp3) is 0.143. The van der Waals surface area contributed by atoms with Gasteiger partial charge in [0.25, 0.3) is 0 Å². The first-order chi connectivity index (χ1) is 8.24. The summed E-state index contributed by atoms with van der Waals surface area (Å²) in [6, 6.07) is 14.3. The van der Waals surface area contributed by atoms with Crippen LogP contribution in [0.1, 0.15) is 5.56 Å². The van der Waals surface area contributed by atoms with Crippen LogP contribution in [-0.2, 0) is 6.42 Å². The molecular formula is C14H15FN2. The van der Waals surface area contributed by atoms with Gasteiger partial charge in [-0.3, -0.25) is 0 Å². The van der Waals surface area contributed by atoms with Crippen LogP contribution in [0.3, 0.4) is 0 Å². The molecule has 0 saturated heterocycles. The molecule has 2 rings (SSSR count). The fourth-order valence-corrected chi connectivity index (χ4v) is 1.63. The van der Waals surface area contributed by atoms with Crippen molar-refractivity contribution in [3.05, 3.63) is 59.9 Å². The Kier molecular flexibility index (Phi) is 3.60. The van der Waals surface area contributed by atoms with Gasteiger partial charge in [-0.2, -0.15) is 0 Å². The molecule has 2 aromatic carbocycles. The van der Waals surface area contributed by atoms with Crippen LogP contribution in [0.4, 0.5) is 15.8 Å². The maximum absolute atomic E-state index is 12.9. The number of halogens is 1. The van der Waals surface area contributed by atoms with Crippen molar-refractivity contribution in [1.82, 2.24) is 0 Å². The lowest BCUT2D eigenvalue weighted by molar-refractivity contribution is 0.628. The quantitative estimate of drug-likeness (QED) is 0.792. The van der Waals surface area contributed by atoms with Crippen LogP contribution in [0.25, 0.3) is 0 Å². The molecule has 0 aromatic heterocycles. The summed E-state index contributed by atoms with van der Waals surface area (Å²) in [5, 5.41) is 3.18. The maximum Gasteiger partial charge on any atom is 0.125 e. The molecule has 3 N–H and O–H groups in total. The Morgan fingerprint density at radius 3 is 2.53 bits per heavy atom. The SMILES string of the molecule is Nc1ccc(CCNc2cccc(F)c2)cc1. The molecular weight excluding hydrogens is 215 g/mol. The van der Waals surface area contributed by atoms with Crippen molar-refractivity contribution < 1.29 is 4.39 Å². The highest BCUT2D eigenvalue weighted by Gasteiger charge is 1.95. The Balaban J connectivity index is 1.85. The van der Waals surface area contributed by atoms with Crippen molar-refractivity contribution in [3.63, 3.8) is 0 Å². The summed E-state index contributed by atoms with van der Waals surface area (Å²) in [7, 11) is 0. The normalized spacial score (nSPS) is 10.2. The van der Waals surface area contributed by atoms with E-state index < -0.39 is 0 Å². The van der Waals surface area contributed by atoms with E-state index in [-0.39, 0.29) is 5.82 Å². The van der Waals surface area contributed by atoms with Gasteiger partial charge >= 0.3 is 0 Å². The molecule has 17 heavy (non-hydrogen) atoms. The van der Waals surface area contributed by atoms with Crippen LogP contribution < -0.4 is 11.1 Å². The monoisotopic (exact) mass is 230 g/mol. The van der Waals surface area contributed by atoms with E-state index in [9.17, 15) is 4.39 Å². The Labute approximate surface area is 100 Å². The molecule has 2 aromatic rings. The van der Waals surface area contributed by atoms with Crippen LogP contribution >= 0.6 is 0 Å². The molecule has 0 aliphatic carbocycles. The molecule has 0 aliphatic rings. The average Bonchev–Trinajstić information content (AvgIpc) is 2.32. The number of rotatable bonds is 4. The third-order valence-electron chi connectivity index (χ3n) is 2.55. The Morgan fingerprint density at radius 1 is 1.06 bits per heavy atom. The van der Waals surface area contributed by atoms with E-state index >= 15 is 0 Å². The first kappa shape index (κ1) is 11.5. The number of nitrogens with two attached hydrogens (primary N) is 1. The molecule has 0 aliphatic heterocycles. The molecule has 0 saturated carbocycles. The van der Waals surface area contributed by atoms with Crippen LogP contribution in [-0.4, -0.2) is 6.54 Å². The second kappa shape index (κ2) is 5.34. The average molecular weight is 230 g/mol. The zero-order valence-corrected chi connectivity index (χ0v) is 9.49. The van der Waals surface area contributed by atoms with Crippen molar-refractivity contribution in [1.29, 1.82) is 0 Å². The molecule has 0 bridgehead atoms. The highest BCUT2D eigenvalue weighted by atomic mass is 19.1. The van der Waals surface area contributed by atoms with Gasteiger partial charge in [0.05, 0.1) is 0 Å². The molecule has 0 radical (unpaired) electrons. The summed E-state index contributed by atoms with van der Waals surface area (Å²) in [6.45, 7) is 0.771. The lowest BCUT2D eigenvalue weighted by atomic mass is 10.1. The molecule has 2 nitrogen and oxygen atoms in total. The molecule has 0 atom stereocenters. The number of hydrogen-bond acceptors (Lipinski definition) is 2. The van der Waals surface area contributed by atoms with Crippen LogP contribution in [0, 0.1) is 5.82 Å². The van der Waals surface area contributed by atoms with Crippen molar-refractivity contribution in [2.45, 2.75) is 6.42 Å². The molecule has 0 spiro atoms. The lowest BCUT2D eigenvalue weighted by Gasteiger charge is -2.06. The second-order valence-corrected chi connectivity index (χ2v) is 3.93. The Hall–Kier alpha value is -2.03. The zero-order valence-electron chi connectivity index (χ0n) is 9.49. The lowest BCUT2D eigenvalue weighted by Crippen LogP contribution is -2.04. The highest BCUT2D eigenvalue weighted by molar-refractivity contribution is 5.43. The van der Waals surface area contributed by atoms with E-state index in [1.54, 1.807) is 6.07 Å². The molecule has 0 unspecified atom stereocenters. The summed E-state index contributed by atoms with van der Waals surface area (Å²) >= 11 is 0. The number of anilines is 2. The van der Waals surface area contributed by atoms with Gasteiger partial charge in [-0.25, -0.2) is 4.39 Å². The van der Waals surface area contributed by atoms with Crippen LogP contribution in [0.15, 0.2) is 48.5 Å². The summed E-state index contributed by atoms with van der Waals surface area (Å²) < 4.78 is 12.9. The first-order valence-electron chi connectivity index (χ1n) is 5.58.